The van der Waals surface area contributed by atoms with E-state index >= 15 is 4.39 Å². The minimum Gasteiger partial charge on any atom is -0.361 e. The van der Waals surface area contributed by atoms with Gasteiger partial charge in [0.1, 0.15) is 6.07 Å². The van der Waals surface area contributed by atoms with Crippen LogP contribution in [0.15, 0.2) is 6.07 Å². The first-order valence-corrected chi connectivity index (χ1v) is 9.89. The molecule has 1 aromatic rings. The minimum atomic E-state index is -4.89. The number of anilines is 1. The number of nitrogens with zero attached hydrogens (tertiary/aromatic N) is 2. The SMILES string of the molecule is CC(C)C1O[C@H](C(F)(F)F)CN2c3c(cc(C#N)c(F)c3F)CC3(C(=O)NC(=O)NC3=O)[C@@H]12. The van der Waals surface area contributed by atoms with Crippen LogP contribution in [0.1, 0.15) is 25.0 Å². The number of halogens is 5. The summed E-state index contributed by atoms with van der Waals surface area (Å²) in [5, 5.41) is 13.0. The van der Waals surface area contributed by atoms with Gasteiger partial charge in [0.15, 0.2) is 23.2 Å². The van der Waals surface area contributed by atoms with Crippen LogP contribution in [0.5, 0.6) is 0 Å². The first kappa shape index (κ1) is 22.9. The lowest BCUT2D eigenvalue weighted by Gasteiger charge is -2.57. The van der Waals surface area contributed by atoms with Crippen LogP contribution >= 0.6 is 0 Å². The van der Waals surface area contributed by atoms with Gasteiger partial charge in [0.25, 0.3) is 0 Å². The first-order chi connectivity index (χ1) is 15.3. The van der Waals surface area contributed by atoms with E-state index < -0.39 is 89.5 Å². The third-order valence-corrected chi connectivity index (χ3v) is 6.26. The Labute approximate surface area is 183 Å². The third kappa shape index (κ3) is 3.23. The minimum absolute atomic E-state index is 0.216. The molecule has 3 heterocycles. The number of ether oxygens (including phenoxy) is 1. The van der Waals surface area contributed by atoms with Crippen molar-refractivity contribution >= 4 is 23.5 Å². The van der Waals surface area contributed by atoms with Crippen LogP contribution in [-0.4, -0.2) is 48.8 Å². The molecule has 0 saturated carbocycles. The predicted octanol–water partition coefficient (Wildman–Crippen LogP) is 1.91. The highest BCUT2D eigenvalue weighted by atomic mass is 19.4. The zero-order chi connectivity index (χ0) is 24.5. The number of nitriles is 1. The molecule has 2 N–H and O–H groups in total. The van der Waals surface area contributed by atoms with Gasteiger partial charge in [-0.2, -0.15) is 18.4 Å². The van der Waals surface area contributed by atoms with E-state index in [2.05, 4.69) is 0 Å². The second-order valence-electron chi connectivity index (χ2n) is 8.53. The summed E-state index contributed by atoms with van der Waals surface area (Å²) in [6, 6.07) is -0.285. The number of carbonyl (C=O) groups excluding carboxylic acids is 3. The molecule has 2 saturated heterocycles. The number of morpholine rings is 1. The lowest BCUT2D eigenvalue weighted by Crippen LogP contribution is -2.77. The molecule has 33 heavy (non-hydrogen) atoms. The molecule has 0 radical (unpaired) electrons. The monoisotopic (exact) mass is 472 g/mol. The number of nitrogens with one attached hydrogen (secondary N) is 2. The molecule has 176 valence electrons. The van der Waals surface area contributed by atoms with Crippen LogP contribution in [0, 0.1) is 34.3 Å². The van der Waals surface area contributed by atoms with Crippen molar-refractivity contribution in [3.8, 4) is 6.07 Å². The van der Waals surface area contributed by atoms with Crippen molar-refractivity contribution < 1.29 is 41.1 Å². The van der Waals surface area contributed by atoms with Crippen LogP contribution in [0.4, 0.5) is 32.4 Å². The summed E-state index contributed by atoms with van der Waals surface area (Å²) in [5.74, 6) is -6.05. The molecule has 3 aliphatic heterocycles. The van der Waals surface area contributed by atoms with E-state index in [4.69, 9.17) is 10.00 Å². The molecule has 1 aromatic carbocycles. The molecule has 2 fully saturated rings. The number of alkyl halides is 3. The summed E-state index contributed by atoms with van der Waals surface area (Å²) < 4.78 is 75.9. The maximum atomic E-state index is 15.1. The number of barbiturate groups is 1. The predicted molar refractivity (Wildman–Crippen MR) is 99.6 cm³/mol. The summed E-state index contributed by atoms with van der Waals surface area (Å²) >= 11 is 0. The molecule has 13 heteroatoms. The number of rotatable bonds is 1. The van der Waals surface area contributed by atoms with E-state index in [0.717, 1.165) is 11.0 Å². The maximum Gasteiger partial charge on any atom is 0.416 e. The molecule has 0 aromatic heterocycles. The highest BCUT2D eigenvalue weighted by Gasteiger charge is 2.66. The zero-order valence-electron chi connectivity index (χ0n) is 17.2. The van der Waals surface area contributed by atoms with Gasteiger partial charge in [-0.3, -0.25) is 20.2 Å². The first-order valence-electron chi connectivity index (χ1n) is 9.89. The van der Waals surface area contributed by atoms with Crippen molar-refractivity contribution in [2.75, 3.05) is 11.4 Å². The van der Waals surface area contributed by atoms with Gasteiger partial charge in [-0.25, -0.2) is 13.6 Å². The second kappa shape index (κ2) is 7.38. The highest BCUT2D eigenvalue weighted by molar-refractivity contribution is 6.20. The van der Waals surface area contributed by atoms with Crippen molar-refractivity contribution in [2.24, 2.45) is 11.3 Å². The quantitative estimate of drug-likeness (QED) is 0.477. The van der Waals surface area contributed by atoms with E-state index in [1.807, 2.05) is 10.6 Å². The molecule has 4 rings (SSSR count). The van der Waals surface area contributed by atoms with Gasteiger partial charge in [-0.1, -0.05) is 13.8 Å². The van der Waals surface area contributed by atoms with E-state index in [1.165, 1.54) is 19.9 Å². The second-order valence-corrected chi connectivity index (χ2v) is 8.53. The summed E-state index contributed by atoms with van der Waals surface area (Å²) in [7, 11) is 0. The fourth-order valence-electron chi connectivity index (χ4n) is 4.85. The molecule has 0 bridgehead atoms. The lowest BCUT2D eigenvalue weighted by molar-refractivity contribution is -0.250. The Morgan fingerprint density at radius 2 is 1.79 bits per heavy atom. The Morgan fingerprint density at radius 1 is 1.18 bits per heavy atom. The number of hydrogen-bond donors (Lipinski definition) is 2. The molecular weight excluding hydrogens is 455 g/mol. The molecular formula is C20H17F5N4O4. The van der Waals surface area contributed by atoms with Crippen molar-refractivity contribution in [3.05, 3.63) is 28.8 Å². The van der Waals surface area contributed by atoms with Crippen LogP contribution in [0.25, 0.3) is 0 Å². The largest absolute Gasteiger partial charge is 0.416 e. The average Bonchev–Trinajstić information content (AvgIpc) is 2.72. The number of benzene rings is 1. The molecule has 3 aliphatic rings. The molecule has 4 amide bonds. The summed E-state index contributed by atoms with van der Waals surface area (Å²) in [4.78, 5) is 38.7. The van der Waals surface area contributed by atoms with Gasteiger partial charge in [0.05, 0.1) is 29.9 Å². The Balaban J connectivity index is 2.02. The lowest BCUT2D eigenvalue weighted by atomic mass is 9.65. The number of hydrogen-bond acceptors (Lipinski definition) is 6. The van der Waals surface area contributed by atoms with E-state index in [0.29, 0.717) is 0 Å². The van der Waals surface area contributed by atoms with E-state index in [1.54, 1.807) is 0 Å². The molecule has 1 unspecified atom stereocenters. The number of carbonyl (C=O) groups is 3. The summed E-state index contributed by atoms with van der Waals surface area (Å²) in [6.07, 6.45) is -9.35. The summed E-state index contributed by atoms with van der Waals surface area (Å²) in [5.41, 5.74) is -3.74. The van der Waals surface area contributed by atoms with Gasteiger partial charge in [-0.05, 0) is 17.5 Å². The number of urea groups is 1. The molecule has 1 spiro atoms. The highest BCUT2D eigenvalue weighted by Crippen LogP contribution is 2.50. The third-order valence-electron chi connectivity index (χ3n) is 6.26. The average molecular weight is 472 g/mol. The smallest absolute Gasteiger partial charge is 0.361 e. The summed E-state index contributed by atoms with van der Waals surface area (Å²) in [6.45, 7) is 1.94. The topological polar surface area (TPSA) is 112 Å². The van der Waals surface area contributed by atoms with Gasteiger partial charge in [-0.15, -0.1) is 0 Å². The zero-order valence-corrected chi connectivity index (χ0v) is 17.2. The fourth-order valence-corrected chi connectivity index (χ4v) is 4.85. The van der Waals surface area contributed by atoms with Gasteiger partial charge >= 0.3 is 12.2 Å². The Morgan fingerprint density at radius 3 is 2.30 bits per heavy atom. The Bertz CT molecular complexity index is 1090. The Hall–Kier alpha value is -3.27. The van der Waals surface area contributed by atoms with Gasteiger partial charge in [0, 0.05) is 6.42 Å². The Kier molecular flexibility index (Phi) is 5.12. The fraction of sp³-hybridized carbons (Fsp3) is 0.500. The van der Waals surface area contributed by atoms with Crippen LogP contribution in [0.2, 0.25) is 0 Å². The normalized spacial score (nSPS) is 26.5. The van der Waals surface area contributed by atoms with Crippen LogP contribution in [0.3, 0.4) is 0 Å². The molecule has 3 atom stereocenters. The van der Waals surface area contributed by atoms with E-state index in [9.17, 15) is 31.9 Å². The standard InChI is InChI=1S/C20H17F5N4O4/c1-7(2)14-15-19(16(30)27-18(32)28-17(19)31)4-8-3-9(5-26)11(21)12(22)13(8)29(15)6-10(33-14)20(23,24)25/h3,7,10,14-15H,4,6H2,1-2H3,(H2,27,28,30,31,32)/t10-,14?,15+/m0/s1. The van der Waals surface area contributed by atoms with Crippen LogP contribution in [-0.2, 0) is 20.7 Å². The van der Waals surface area contributed by atoms with Gasteiger partial charge in [0.2, 0.25) is 11.8 Å². The van der Waals surface area contributed by atoms with Crippen molar-refractivity contribution in [2.45, 2.75) is 44.7 Å². The number of amides is 4. The number of imide groups is 2. The molecule has 0 aliphatic carbocycles. The number of fused-ring (bicyclic) bond motifs is 4. The van der Waals surface area contributed by atoms with Gasteiger partial charge < -0.3 is 9.64 Å². The maximum absolute atomic E-state index is 15.1. The van der Waals surface area contributed by atoms with Crippen molar-refractivity contribution in [1.29, 1.82) is 5.26 Å². The molecule has 8 nitrogen and oxygen atoms in total. The van der Waals surface area contributed by atoms with E-state index in [-0.39, 0.29) is 5.56 Å². The van der Waals surface area contributed by atoms with Crippen molar-refractivity contribution in [3.63, 3.8) is 0 Å². The van der Waals surface area contributed by atoms with Crippen molar-refractivity contribution in [1.82, 2.24) is 10.6 Å². The van der Waals surface area contributed by atoms with Crippen LogP contribution < -0.4 is 15.5 Å².